The van der Waals surface area contributed by atoms with E-state index in [9.17, 15) is 9.59 Å². The zero-order valence-electron chi connectivity index (χ0n) is 22.8. The van der Waals surface area contributed by atoms with E-state index in [0.717, 1.165) is 43.4 Å². The van der Waals surface area contributed by atoms with Gasteiger partial charge in [0.1, 0.15) is 11.6 Å². The van der Waals surface area contributed by atoms with Crippen molar-refractivity contribution in [3.8, 4) is 11.4 Å². The molecule has 206 valence electrons. The molecule has 0 unspecified atom stereocenters. The minimum absolute atomic E-state index is 0.0882. The number of aryl methyl sites for hydroxylation is 2. The van der Waals surface area contributed by atoms with E-state index in [1.807, 2.05) is 61.2 Å². The number of carbonyl (C=O) groups is 2. The maximum absolute atomic E-state index is 13.4. The second-order valence-corrected chi connectivity index (χ2v) is 10.6. The largest absolute Gasteiger partial charge is 0.492 e. The quantitative estimate of drug-likeness (QED) is 0.534. The molecule has 2 aliphatic heterocycles. The van der Waals surface area contributed by atoms with Crippen molar-refractivity contribution in [1.29, 1.82) is 0 Å². The third-order valence-electron chi connectivity index (χ3n) is 7.79. The summed E-state index contributed by atoms with van der Waals surface area (Å²) < 4.78 is 13.8. The van der Waals surface area contributed by atoms with Crippen LogP contribution in [-0.2, 0) is 4.74 Å². The molecule has 0 aliphatic carbocycles. The van der Waals surface area contributed by atoms with E-state index < -0.39 is 0 Å². The number of nitrogens with zero attached hydrogens (tertiary/aromatic N) is 4. The number of nitrogens with one attached hydrogen (secondary N) is 1. The maximum atomic E-state index is 13.4. The highest BCUT2D eigenvalue weighted by Crippen LogP contribution is 2.38. The molecule has 1 saturated heterocycles. The average molecular weight is 532 g/mol. The van der Waals surface area contributed by atoms with Crippen molar-refractivity contribution in [1.82, 2.24) is 25.0 Å². The van der Waals surface area contributed by atoms with Crippen LogP contribution >= 0.6 is 0 Å². The summed E-state index contributed by atoms with van der Waals surface area (Å²) in [6, 6.07) is 15.4. The lowest BCUT2D eigenvalue weighted by molar-refractivity contribution is 0.0334. The molecule has 2 amide bonds. The van der Waals surface area contributed by atoms with Crippen molar-refractivity contribution in [3.05, 3.63) is 71.3 Å². The summed E-state index contributed by atoms with van der Waals surface area (Å²) >= 11 is 0. The lowest BCUT2D eigenvalue weighted by atomic mass is 9.75. The van der Waals surface area contributed by atoms with E-state index in [1.165, 1.54) is 0 Å². The molecule has 1 fully saturated rings. The van der Waals surface area contributed by atoms with Crippen molar-refractivity contribution < 1.29 is 19.1 Å². The second kappa shape index (κ2) is 12.0. The number of hydrogen-bond acceptors (Lipinski definition) is 6. The van der Waals surface area contributed by atoms with Crippen LogP contribution in [0.1, 0.15) is 64.5 Å². The van der Waals surface area contributed by atoms with Gasteiger partial charge in [-0.3, -0.25) is 9.59 Å². The standard InChI is InChI=1S/C30H37N5O4/c1-22-9-11-24(12-10-22)35-23(2)32-27(33-35)29(37)34-17-14-30(15-18-34)13-5-6-19-38-20-16-31-28(36)25-7-3-4-8-26(25)39-21-30/h3-4,7-12H,5-6,13-21H2,1-2H3,(H,31,36). The van der Waals surface area contributed by atoms with E-state index in [2.05, 4.69) is 15.4 Å². The van der Waals surface area contributed by atoms with E-state index >= 15 is 0 Å². The number of piperidine rings is 1. The van der Waals surface area contributed by atoms with Gasteiger partial charge in [0.15, 0.2) is 0 Å². The fraction of sp³-hybridized carbons (Fsp3) is 0.467. The van der Waals surface area contributed by atoms with Crippen LogP contribution in [0, 0.1) is 19.3 Å². The van der Waals surface area contributed by atoms with Gasteiger partial charge in [-0.25, -0.2) is 9.67 Å². The summed E-state index contributed by atoms with van der Waals surface area (Å²) in [4.78, 5) is 32.5. The zero-order chi connectivity index (χ0) is 27.2. The Morgan fingerprint density at radius 1 is 0.974 bits per heavy atom. The molecule has 5 rings (SSSR count). The van der Waals surface area contributed by atoms with Gasteiger partial charge in [-0.05, 0) is 63.8 Å². The van der Waals surface area contributed by atoms with Gasteiger partial charge in [-0.15, -0.1) is 5.10 Å². The van der Waals surface area contributed by atoms with E-state index in [1.54, 1.807) is 10.7 Å². The second-order valence-electron chi connectivity index (χ2n) is 10.6. The molecular formula is C30H37N5O4. The molecule has 39 heavy (non-hydrogen) atoms. The third kappa shape index (κ3) is 6.30. The molecule has 2 aliphatic rings. The average Bonchev–Trinajstić information content (AvgIpc) is 3.35. The topological polar surface area (TPSA) is 98.6 Å². The molecule has 1 aromatic heterocycles. The molecule has 0 saturated carbocycles. The first kappa shape index (κ1) is 26.9. The summed E-state index contributed by atoms with van der Waals surface area (Å²) in [5, 5.41) is 7.46. The Morgan fingerprint density at radius 2 is 1.74 bits per heavy atom. The predicted octanol–water partition coefficient (Wildman–Crippen LogP) is 4.12. The van der Waals surface area contributed by atoms with Crippen molar-refractivity contribution in [2.24, 2.45) is 5.41 Å². The number of fused-ring (bicyclic) bond motifs is 1. The van der Waals surface area contributed by atoms with Crippen molar-refractivity contribution in [2.45, 2.75) is 46.0 Å². The van der Waals surface area contributed by atoms with Gasteiger partial charge in [-0.1, -0.05) is 36.2 Å². The number of rotatable bonds is 2. The van der Waals surface area contributed by atoms with Gasteiger partial charge >= 0.3 is 0 Å². The first-order valence-corrected chi connectivity index (χ1v) is 13.8. The van der Waals surface area contributed by atoms with Crippen LogP contribution in [0.3, 0.4) is 0 Å². The van der Waals surface area contributed by atoms with Crippen molar-refractivity contribution >= 4 is 11.8 Å². The summed E-state index contributed by atoms with van der Waals surface area (Å²) in [7, 11) is 0. The number of amides is 2. The van der Waals surface area contributed by atoms with E-state index in [0.29, 0.717) is 56.6 Å². The van der Waals surface area contributed by atoms with Gasteiger partial charge in [0.25, 0.3) is 11.8 Å². The highest BCUT2D eigenvalue weighted by Gasteiger charge is 2.37. The van der Waals surface area contributed by atoms with Crippen LogP contribution in [0.2, 0.25) is 0 Å². The van der Waals surface area contributed by atoms with Crippen LogP contribution in [0.4, 0.5) is 0 Å². The predicted molar refractivity (Wildman–Crippen MR) is 147 cm³/mol. The Bertz CT molecular complexity index is 1290. The Balaban J connectivity index is 1.28. The normalized spacial score (nSPS) is 18.5. The molecule has 1 N–H and O–H groups in total. The first-order chi connectivity index (χ1) is 18.9. The monoisotopic (exact) mass is 531 g/mol. The molecule has 1 spiro atoms. The molecule has 3 aromatic rings. The number of para-hydroxylation sites is 1. The van der Waals surface area contributed by atoms with Crippen LogP contribution in [-0.4, -0.2) is 70.9 Å². The lowest BCUT2D eigenvalue weighted by Crippen LogP contribution is -2.46. The highest BCUT2D eigenvalue weighted by molar-refractivity contribution is 5.96. The molecule has 2 aromatic carbocycles. The Morgan fingerprint density at radius 3 is 2.54 bits per heavy atom. The number of carbonyl (C=O) groups excluding carboxylic acids is 2. The number of benzene rings is 2. The number of ether oxygens (including phenoxy) is 2. The van der Waals surface area contributed by atoms with E-state index in [-0.39, 0.29) is 23.1 Å². The number of likely N-dealkylation sites (tertiary alicyclic amines) is 1. The Kier molecular flexibility index (Phi) is 8.26. The Labute approximate surface area is 229 Å². The zero-order valence-corrected chi connectivity index (χ0v) is 22.8. The minimum atomic E-state index is -0.159. The molecule has 9 heteroatoms. The Hall–Kier alpha value is -3.72. The molecule has 3 heterocycles. The summed E-state index contributed by atoms with van der Waals surface area (Å²) in [5.41, 5.74) is 2.49. The van der Waals surface area contributed by atoms with Crippen LogP contribution in [0.25, 0.3) is 5.69 Å². The minimum Gasteiger partial charge on any atom is -0.492 e. The number of hydrogen-bond donors (Lipinski definition) is 1. The molecule has 0 atom stereocenters. The molecule has 0 bridgehead atoms. The molecule has 0 radical (unpaired) electrons. The smallest absolute Gasteiger partial charge is 0.293 e. The maximum Gasteiger partial charge on any atom is 0.293 e. The van der Waals surface area contributed by atoms with Crippen LogP contribution in [0.15, 0.2) is 48.5 Å². The fourth-order valence-electron chi connectivity index (χ4n) is 5.35. The summed E-state index contributed by atoms with van der Waals surface area (Å²) in [6.07, 6.45) is 4.57. The van der Waals surface area contributed by atoms with Crippen LogP contribution in [0.5, 0.6) is 5.75 Å². The van der Waals surface area contributed by atoms with Crippen molar-refractivity contribution in [3.63, 3.8) is 0 Å². The number of aromatic nitrogens is 3. The van der Waals surface area contributed by atoms with Gasteiger partial charge in [-0.2, -0.15) is 0 Å². The highest BCUT2D eigenvalue weighted by atomic mass is 16.5. The van der Waals surface area contributed by atoms with Gasteiger partial charge in [0.2, 0.25) is 5.82 Å². The molecular weight excluding hydrogens is 494 g/mol. The van der Waals surface area contributed by atoms with Gasteiger partial charge in [0, 0.05) is 31.7 Å². The first-order valence-electron chi connectivity index (χ1n) is 13.8. The van der Waals surface area contributed by atoms with Gasteiger partial charge < -0.3 is 19.7 Å². The van der Waals surface area contributed by atoms with Crippen molar-refractivity contribution in [2.75, 3.05) is 39.5 Å². The van der Waals surface area contributed by atoms with E-state index in [4.69, 9.17) is 9.47 Å². The van der Waals surface area contributed by atoms with Crippen LogP contribution < -0.4 is 10.1 Å². The fourth-order valence-corrected chi connectivity index (χ4v) is 5.35. The summed E-state index contributed by atoms with van der Waals surface area (Å²) in [5.74, 6) is 1.19. The third-order valence-corrected chi connectivity index (χ3v) is 7.79. The summed E-state index contributed by atoms with van der Waals surface area (Å²) in [6.45, 7) is 7.25. The SMILES string of the molecule is Cc1ccc(-n2nc(C(=O)N3CCC4(CCCCOCCNC(=O)c5ccccc5OC4)CC3)nc2C)cc1. The lowest BCUT2D eigenvalue weighted by Gasteiger charge is -2.41. The van der Waals surface area contributed by atoms with Gasteiger partial charge in [0.05, 0.1) is 24.5 Å². The molecule has 9 nitrogen and oxygen atoms in total.